The average molecular weight is 530 g/mol. The first kappa shape index (κ1) is 24.3. The van der Waals surface area contributed by atoms with Crippen LogP contribution in [0.15, 0.2) is 81.4 Å². The number of aryl methyl sites for hydroxylation is 1. The Kier molecular flexibility index (Phi) is 6.22. The van der Waals surface area contributed by atoms with Crippen LogP contribution in [0.2, 0.25) is 5.02 Å². The average Bonchev–Trinajstić information content (AvgIpc) is 2.86. The molecule has 1 saturated heterocycles. The second-order valence-corrected chi connectivity index (χ2v) is 11.0. The first-order chi connectivity index (χ1) is 17.1. The molecule has 0 saturated carbocycles. The molecule has 186 valence electrons. The van der Waals surface area contributed by atoms with Crippen molar-refractivity contribution in [1.82, 2.24) is 4.57 Å². The summed E-state index contributed by atoms with van der Waals surface area (Å²) in [6.45, 7) is 2.27. The number of sulfone groups is 1. The van der Waals surface area contributed by atoms with E-state index in [0.29, 0.717) is 37.4 Å². The van der Waals surface area contributed by atoms with E-state index in [1.807, 2.05) is 4.90 Å². The molecule has 0 N–H and O–H groups in total. The molecule has 0 aliphatic carbocycles. The lowest BCUT2D eigenvalue weighted by molar-refractivity contribution is 0.593. The molecule has 0 radical (unpaired) electrons. The van der Waals surface area contributed by atoms with Crippen molar-refractivity contribution in [1.29, 1.82) is 0 Å². The first-order valence-corrected chi connectivity index (χ1v) is 13.1. The summed E-state index contributed by atoms with van der Waals surface area (Å²) in [5.41, 5.74) is 0.879. The van der Waals surface area contributed by atoms with Gasteiger partial charge in [-0.25, -0.2) is 17.2 Å². The minimum atomic E-state index is -4.16. The van der Waals surface area contributed by atoms with Gasteiger partial charge in [0.25, 0.3) is 0 Å². The Bertz CT molecular complexity index is 1630. The van der Waals surface area contributed by atoms with Gasteiger partial charge in [-0.05, 0) is 54.6 Å². The molecule has 0 atom stereocenters. The number of fused-ring (bicyclic) bond motifs is 1. The Morgan fingerprint density at radius 2 is 1.56 bits per heavy atom. The van der Waals surface area contributed by atoms with E-state index < -0.39 is 26.0 Å². The predicted octanol–water partition coefficient (Wildman–Crippen LogP) is 4.63. The Hall–Kier alpha value is -3.43. The van der Waals surface area contributed by atoms with Crippen LogP contribution in [0.4, 0.5) is 20.2 Å². The van der Waals surface area contributed by atoms with Gasteiger partial charge in [-0.3, -0.25) is 4.79 Å². The molecule has 3 aromatic carbocycles. The molecular weight excluding hydrogens is 508 g/mol. The molecule has 6 nitrogen and oxygen atoms in total. The summed E-state index contributed by atoms with van der Waals surface area (Å²) in [7, 11) is -2.55. The van der Waals surface area contributed by atoms with E-state index in [1.165, 1.54) is 47.2 Å². The smallest absolute Gasteiger partial charge is 0.211 e. The molecule has 2 heterocycles. The number of hydrogen-bond acceptors (Lipinski definition) is 5. The zero-order valence-electron chi connectivity index (χ0n) is 19.3. The van der Waals surface area contributed by atoms with Crippen molar-refractivity contribution in [2.24, 2.45) is 7.05 Å². The summed E-state index contributed by atoms with van der Waals surface area (Å²) in [5, 5.41) is 0.204. The standard InChI is InChI=1S/C26H22ClF2N3O3S/c1-30-16-25(36(34,35)20-4-2-3-17(27)13-20)26(33)21-14-22(29)24(15-23(21)30)32-11-9-31(10-12-32)19-7-5-18(28)6-8-19/h2-8,13-16H,9-12H2,1H3. The second kappa shape index (κ2) is 9.22. The van der Waals surface area contributed by atoms with Gasteiger partial charge in [0.1, 0.15) is 16.5 Å². The lowest BCUT2D eigenvalue weighted by atomic mass is 10.1. The van der Waals surface area contributed by atoms with Gasteiger partial charge in [-0.2, -0.15) is 0 Å². The van der Waals surface area contributed by atoms with E-state index in [0.717, 1.165) is 11.8 Å². The number of piperazine rings is 1. The zero-order valence-corrected chi connectivity index (χ0v) is 20.9. The molecule has 10 heteroatoms. The first-order valence-electron chi connectivity index (χ1n) is 11.2. The van der Waals surface area contributed by atoms with Crippen LogP contribution >= 0.6 is 11.6 Å². The molecule has 0 amide bonds. The summed E-state index contributed by atoms with van der Waals surface area (Å²) in [6.07, 6.45) is 1.26. The number of aromatic nitrogens is 1. The quantitative estimate of drug-likeness (QED) is 0.386. The van der Waals surface area contributed by atoms with Gasteiger partial charge in [-0.15, -0.1) is 0 Å². The summed E-state index contributed by atoms with van der Waals surface area (Å²) < 4.78 is 56.4. The van der Waals surface area contributed by atoms with Crippen molar-refractivity contribution >= 4 is 43.7 Å². The van der Waals surface area contributed by atoms with Crippen LogP contribution in [-0.4, -0.2) is 39.2 Å². The largest absolute Gasteiger partial charge is 0.368 e. The van der Waals surface area contributed by atoms with Gasteiger partial charge < -0.3 is 14.4 Å². The molecule has 36 heavy (non-hydrogen) atoms. The summed E-state index contributed by atoms with van der Waals surface area (Å²) in [5.74, 6) is -0.906. The van der Waals surface area contributed by atoms with Crippen LogP contribution in [0.5, 0.6) is 0 Å². The van der Waals surface area contributed by atoms with Crippen molar-refractivity contribution in [3.8, 4) is 0 Å². The third kappa shape index (κ3) is 4.33. The Morgan fingerprint density at radius 3 is 2.22 bits per heavy atom. The van der Waals surface area contributed by atoms with Crippen LogP contribution in [0.3, 0.4) is 0 Å². The van der Waals surface area contributed by atoms with Gasteiger partial charge in [0, 0.05) is 50.1 Å². The van der Waals surface area contributed by atoms with E-state index in [4.69, 9.17) is 11.6 Å². The number of pyridine rings is 1. The highest BCUT2D eigenvalue weighted by molar-refractivity contribution is 7.91. The van der Waals surface area contributed by atoms with Crippen molar-refractivity contribution in [2.45, 2.75) is 9.79 Å². The maximum Gasteiger partial charge on any atom is 0.211 e. The minimum Gasteiger partial charge on any atom is -0.368 e. The number of rotatable bonds is 4. The van der Waals surface area contributed by atoms with Crippen molar-refractivity contribution in [3.05, 3.63) is 93.7 Å². The van der Waals surface area contributed by atoms with E-state index in [2.05, 4.69) is 4.90 Å². The van der Waals surface area contributed by atoms with Gasteiger partial charge in [-0.1, -0.05) is 17.7 Å². The van der Waals surface area contributed by atoms with Gasteiger partial charge in [0.15, 0.2) is 0 Å². The lowest BCUT2D eigenvalue weighted by Gasteiger charge is -2.37. The fourth-order valence-corrected chi connectivity index (χ4v) is 6.21. The molecule has 5 rings (SSSR count). The van der Waals surface area contributed by atoms with Crippen molar-refractivity contribution in [3.63, 3.8) is 0 Å². The number of benzene rings is 3. The fraction of sp³-hybridized carbons (Fsp3) is 0.192. The normalized spacial score (nSPS) is 14.4. The maximum atomic E-state index is 15.3. The van der Waals surface area contributed by atoms with Gasteiger partial charge in [0.2, 0.25) is 15.3 Å². The minimum absolute atomic E-state index is 0.0215. The fourth-order valence-electron chi connectivity index (χ4n) is 4.51. The topological polar surface area (TPSA) is 62.6 Å². The molecule has 0 spiro atoms. The van der Waals surface area contributed by atoms with Crippen LogP contribution in [-0.2, 0) is 16.9 Å². The summed E-state index contributed by atoms with van der Waals surface area (Å²) in [4.78, 5) is 16.6. The van der Waals surface area contributed by atoms with Crippen LogP contribution < -0.4 is 15.2 Å². The van der Waals surface area contributed by atoms with E-state index in [1.54, 1.807) is 25.2 Å². The SMILES string of the molecule is Cn1cc(S(=O)(=O)c2cccc(Cl)c2)c(=O)c2cc(F)c(N3CCN(c4ccc(F)cc4)CC3)cc21. The van der Waals surface area contributed by atoms with Gasteiger partial charge >= 0.3 is 0 Å². The number of anilines is 2. The van der Waals surface area contributed by atoms with Gasteiger partial charge in [0.05, 0.1) is 21.5 Å². The molecule has 1 aromatic heterocycles. The third-order valence-corrected chi connectivity index (χ3v) is 8.41. The highest BCUT2D eigenvalue weighted by atomic mass is 35.5. The number of halogens is 3. The predicted molar refractivity (Wildman–Crippen MR) is 137 cm³/mol. The van der Waals surface area contributed by atoms with Crippen LogP contribution in [0.1, 0.15) is 0 Å². The van der Waals surface area contributed by atoms with E-state index in [9.17, 15) is 17.6 Å². The monoisotopic (exact) mass is 529 g/mol. The maximum absolute atomic E-state index is 15.3. The second-order valence-electron chi connectivity index (χ2n) is 8.67. The molecule has 1 fully saturated rings. The van der Waals surface area contributed by atoms with Crippen molar-refractivity contribution < 1.29 is 17.2 Å². The van der Waals surface area contributed by atoms with Crippen LogP contribution in [0, 0.1) is 11.6 Å². The molecule has 4 aromatic rings. The summed E-state index contributed by atoms with van der Waals surface area (Å²) in [6, 6.07) is 14.6. The van der Waals surface area contributed by atoms with Crippen molar-refractivity contribution in [2.75, 3.05) is 36.0 Å². The third-order valence-electron chi connectivity index (χ3n) is 6.43. The highest BCUT2D eigenvalue weighted by Gasteiger charge is 2.26. The molecular formula is C26H22ClF2N3O3S. The Balaban J connectivity index is 1.48. The summed E-state index contributed by atoms with van der Waals surface area (Å²) >= 11 is 5.95. The lowest BCUT2D eigenvalue weighted by Crippen LogP contribution is -2.46. The van der Waals surface area contributed by atoms with E-state index in [-0.39, 0.29) is 21.1 Å². The molecule has 0 unspecified atom stereocenters. The number of hydrogen-bond donors (Lipinski definition) is 0. The Morgan fingerprint density at radius 1 is 0.889 bits per heavy atom. The molecule has 1 aliphatic rings. The number of nitrogens with zero attached hydrogens (tertiary/aromatic N) is 3. The van der Waals surface area contributed by atoms with Crippen LogP contribution in [0.25, 0.3) is 10.9 Å². The Labute approximate surface area is 211 Å². The molecule has 0 bridgehead atoms. The molecule has 1 aliphatic heterocycles. The zero-order chi connectivity index (χ0) is 25.6. The highest BCUT2D eigenvalue weighted by Crippen LogP contribution is 2.29. The van der Waals surface area contributed by atoms with E-state index >= 15 is 4.39 Å².